The number of hydrogen-bond acceptors (Lipinski definition) is 4. The van der Waals surface area contributed by atoms with Crippen LogP contribution in [0.2, 0.25) is 0 Å². The molecule has 0 spiro atoms. The predicted octanol–water partition coefficient (Wildman–Crippen LogP) is 1.43. The minimum Gasteiger partial charge on any atom is -0.385 e. The highest BCUT2D eigenvalue weighted by Gasteiger charge is 2.24. The maximum absolute atomic E-state index is 12.4. The van der Waals surface area contributed by atoms with Crippen LogP contribution in [-0.4, -0.2) is 67.0 Å². The van der Waals surface area contributed by atoms with E-state index in [-0.39, 0.29) is 18.4 Å². The highest BCUT2D eigenvalue weighted by atomic mass is 16.5. The van der Waals surface area contributed by atoms with Gasteiger partial charge in [0.1, 0.15) is 0 Å². The lowest BCUT2D eigenvalue weighted by Gasteiger charge is -2.33. The molecule has 1 aliphatic heterocycles. The van der Waals surface area contributed by atoms with Crippen LogP contribution < -0.4 is 0 Å². The van der Waals surface area contributed by atoms with Crippen LogP contribution in [-0.2, 0) is 9.53 Å². The summed E-state index contributed by atoms with van der Waals surface area (Å²) in [4.78, 5) is 31.8. The maximum Gasteiger partial charge on any atom is 0.255 e. The van der Waals surface area contributed by atoms with E-state index in [2.05, 4.69) is 4.98 Å². The SMILES string of the molecule is COCCC1CCN(C(=O)CN(C)C(=O)c2cccnc2)CC1. The second-order valence-corrected chi connectivity index (χ2v) is 6.01. The van der Waals surface area contributed by atoms with Gasteiger partial charge in [-0.05, 0) is 37.3 Å². The third-order valence-electron chi connectivity index (χ3n) is 4.33. The first-order valence-corrected chi connectivity index (χ1v) is 8.04. The van der Waals surface area contributed by atoms with Crippen LogP contribution in [0.15, 0.2) is 24.5 Å². The number of ether oxygens (including phenoxy) is 1. The molecular weight excluding hydrogens is 294 g/mol. The maximum atomic E-state index is 12.4. The number of piperidine rings is 1. The minimum absolute atomic E-state index is 0.00920. The number of nitrogens with zero attached hydrogens (tertiary/aromatic N) is 3. The minimum atomic E-state index is -0.179. The lowest BCUT2D eigenvalue weighted by atomic mass is 9.94. The van der Waals surface area contributed by atoms with Crippen molar-refractivity contribution in [1.29, 1.82) is 0 Å². The van der Waals surface area contributed by atoms with Crippen molar-refractivity contribution in [3.05, 3.63) is 30.1 Å². The molecule has 0 saturated carbocycles. The Morgan fingerprint density at radius 2 is 2.13 bits per heavy atom. The van der Waals surface area contributed by atoms with Crippen molar-refractivity contribution in [1.82, 2.24) is 14.8 Å². The molecule has 0 radical (unpaired) electrons. The molecule has 1 aromatic rings. The summed E-state index contributed by atoms with van der Waals surface area (Å²) in [5.74, 6) is 0.463. The zero-order valence-corrected chi connectivity index (χ0v) is 13.9. The molecule has 126 valence electrons. The highest BCUT2D eigenvalue weighted by molar-refractivity contribution is 5.96. The lowest BCUT2D eigenvalue weighted by molar-refractivity contribution is -0.133. The molecule has 0 atom stereocenters. The fraction of sp³-hybridized carbons (Fsp3) is 0.588. The van der Waals surface area contributed by atoms with Gasteiger partial charge >= 0.3 is 0 Å². The molecule has 6 nitrogen and oxygen atoms in total. The summed E-state index contributed by atoms with van der Waals surface area (Å²) < 4.78 is 5.11. The Balaban J connectivity index is 1.79. The second-order valence-electron chi connectivity index (χ2n) is 6.01. The van der Waals surface area contributed by atoms with Crippen molar-refractivity contribution in [2.24, 2.45) is 5.92 Å². The monoisotopic (exact) mass is 319 g/mol. The van der Waals surface area contributed by atoms with Gasteiger partial charge in [0, 0.05) is 46.2 Å². The molecule has 0 aliphatic carbocycles. The molecule has 0 unspecified atom stereocenters. The number of rotatable bonds is 6. The Hall–Kier alpha value is -1.95. The smallest absolute Gasteiger partial charge is 0.255 e. The van der Waals surface area contributed by atoms with Crippen LogP contribution in [0.3, 0.4) is 0 Å². The van der Waals surface area contributed by atoms with E-state index in [0.717, 1.165) is 39.0 Å². The molecule has 0 N–H and O–H groups in total. The number of likely N-dealkylation sites (tertiary alicyclic amines) is 1. The zero-order valence-electron chi connectivity index (χ0n) is 13.9. The first-order chi connectivity index (χ1) is 11.1. The quantitative estimate of drug-likeness (QED) is 0.796. The molecule has 2 amide bonds. The standard InChI is InChI=1S/C17H25N3O3/c1-19(17(22)15-4-3-8-18-12-15)13-16(21)20-9-5-14(6-10-20)7-11-23-2/h3-4,8,12,14H,5-7,9-11,13H2,1-2H3. The lowest BCUT2D eigenvalue weighted by Crippen LogP contribution is -2.44. The van der Waals surface area contributed by atoms with E-state index >= 15 is 0 Å². The summed E-state index contributed by atoms with van der Waals surface area (Å²) in [6.45, 7) is 2.42. The van der Waals surface area contributed by atoms with Gasteiger partial charge in [0.25, 0.3) is 5.91 Å². The fourth-order valence-corrected chi connectivity index (χ4v) is 2.84. The van der Waals surface area contributed by atoms with Gasteiger partial charge < -0.3 is 14.5 Å². The number of hydrogen-bond donors (Lipinski definition) is 0. The van der Waals surface area contributed by atoms with Gasteiger partial charge in [-0.25, -0.2) is 0 Å². The molecule has 2 heterocycles. The number of likely N-dealkylation sites (N-methyl/N-ethyl adjacent to an activating group) is 1. The fourth-order valence-electron chi connectivity index (χ4n) is 2.84. The van der Waals surface area contributed by atoms with Crippen LogP contribution in [0.5, 0.6) is 0 Å². The molecule has 1 saturated heterocycles. The zero-order chi connectivity index (χ0) is 16.7. The molecule has 0 aromatic carbocycles. The van der Waals surface area contributed by atoms with Crippen LogP contribution >= 0.6 is 0 Å². The summed E-state index contributed by atoms with van der Waals surface area (Å²) >= 11 is 0. The Morgan fingerprint density at radius 1 is 1.39 bits per heavy atom. The molecular formula is C17H25N3O3. The van der Waals surface area contributed by atoms with Crippen molar-refractivity contribution in [3.8, 4) is 0 Å². The highest BCUT2D eigenvalue weighted by Crippen LogP contribution is 2.20. The van der Waals surface area contributed by atoms with Crippen molar-refractivity contribution < 1.29 is 14.3 Å². The molecule has 1 aliphatic rings. The Bertz CT molecular complexity index is 513. The third-order valence-corrected chi connectivity index (χ3v) is 4.33. The third kappa shape index (κ3) is 5.03. The first kappa shape index (κ1) is 17.4. The summed E-state index contributed by atoms with van der Waals surface area (Å²) in [6.07, 6.45) is 6.21. The molecule has 1 aromatic heterocycles. The van der Waals surface area contributed by atoms with Gasteiger partial charge in [-0.2, -0.15) is 0 Å². The molecule has 23 heavy (non-hydrogen) atoms. The molecule has 2 rings (SSSR count). The van der Waals surface area contributed by atoms with E-state index in [9.17, 15) is 9.59 Å². The molecule has 6 heteroatoms. The topological polar surface area (TPSA) is 62.7 Å². The number of methoxy groups -OCH3 is 1. The largest absolute Gasteiger partial charge is 0.385 e. The summed E-state index contributed by atoms with van der Waals surface area (Å²) in [7, 11) is 3.37. The Labute approximate surface area is 137 Å². The molecule has 1 fully saturated rings. The van der Waals surface area contributed by atoms with E-state index < -0.39 is 0 Å². The van der Waals surface area contributed by atoms with Crippen LogP contribution in [0.4, 0.5) is 0 Å². The summed E-state index contributed by atoms with van der Waals surface area (Å²) in [6, 6.07) is 3.42. The van der Waals surface area contributed by atoms with Gasteiger partial charge in [-0.1, -0.05) is 0 Å². The van der Waals surface area contributed by atoms with Crippen molar-refractivity contribution in [3.63, 3.8) is 0 Å². The second kappa shape index (κ2) is 8.62. The van der Waals surface area contributed by atoms with Gasteiger partial charge in [0.05, 0.1) is 12.1 Å². The predicted molar refractivity (Wildman–Crippen MR) is 87.0 cm³/mol. The van der Waals surface area contributed by atoms with Crippen molar-refractivity contribution >= 4 is 11.8 Å². The van der Waals surface area contributed by atoms with Gasteiger partial charge in [-0.15, -0.1) is 0 Å². The Kier molecular flexibility index (Phi) is 6.52. The summed E-state index contributed by atoms with van der Waals surface area (Å²) in [5, 5.41) is 0. The van der Waals surface area contributed by atoms with Crippen LogP contribution in [0.1, 0.15) is 29.6 Å². The number of pyridine rings is 1. The van der Waals surface area contributed by atoms with E-state index in [1.807, 2.05) is 4.90 Å². The number of aromatic nitrogens is 1. The van der Waals surface area contributed by atoms with Crippen molar-refractivity contribution in [2.75, 3.05) is 40.4 Å². The Morgan fingerprint density at radius 3 is 2.74 bits per heavy atom. The average molecular weight is 319 g/mol. The first-order valence-electron chi connectivity index (χ1n) is 8.04. The molecule has 0 bridgehead atoms. The van der Waals surface area contributed by atoms with Crippen molar-refractivity contribution in [2.45, 2.75) is 19.3 Å². The van der Waals surface area contributed by atoms with Crippen LogP contribution in [0, 0.1) is 5.92 Å². The van der Waals surface area contributed by atoms with Crippen LogP contribution in [0.25, 0.3) is 0 Å². The van der Waals surface area contributed by atoms with Gasteiger partial charge in [-0.3, -0.25) is 14.6 Å². The van der Waals surface area contributed by atoms with E-state index in [4.69, 9.17) is 4.74 Å². The van der Waals surface area contributed by atoms with Gasteiger partial charge in [0.15, 0.2) is 0 Å². The number of carbonyl (C=O) groups excluding carboxylic acids is 2. The van der Waals surface area contributed by atoms with E-state index in [0.29, 0.717) is 11.5 Å². The average Bonchev–Trinajstić information content (AvgIpc) is 2.60. The summed E-state index contributed by atoms with van der Waals surface area (Å²) in [5.41, 5.74) is 0.501. The van der Waals surface area contributed by atoms with E-state index in [1.165, 1.54) is 11.1 Å². The number of amides is 2. The normalized spacial score (nSPS) is 15.5. The number of carbonyl (C=O) groups is 2. The van der Waals surface area contributed by atoms with Gasteiger partial charge in [0.2, 0.25) is 5.91 Å². The van der Waals surface area contributed by atoms with E-state index in [1.54, 1.807) is 32.5 Å².